The minimum atomic E-state index is -1.22. The lowest BCUT2D eigenvalue weighted by Crippen LogP contribution is -2.63. The Morgan fingerprint density at radius 1 is 1.23 bits per heavy atom. The number of Topliss-reactive ketones (excluding diaryl/α,β-unsaturated/α-hetero) is 1. The molecule has 35 heavy (non-hydrogen) atoms. The van der Waals surface area contributed by atoms with Gasteiger partial charge in [-0.15, -0.1) is 0 Å². The zero-order valence-electron chi connectivity index (χ0n) is 21.0. The summed E-state index contributed by atoms with van der Waals surface area (Å²) in [5.74, 6) is -0.538. The van der Waals surface area contributed by atoms with Gasteiger partial charge in [0.15, 0.2) is 12.4 Å². The number of rotatable bonds is 9. The van der Waals surface area contributed by atoms with Gasteiger partial charge in [-0.1, -0.05) is 25.5 Å². The molecule has 0 radical (unpaired) electrons. The Labute approximate surface area is 206 Å². The lowest BCUT2D eigenvalue weighted by atomic mass is 9.46. The molecular weight excluding hydrogens is 452 g/mol. The Morgan fingerprint density at radius 2 is 2.00 bits per heavy atom. The molecule has 0 aliphatic heterocycles. The number of fused-ring (bicyclic) bond motifs is 5. The molecule has 7 atom stereocenters. The summed E-state index contributed by atoms with van der Waals surface area (Å²) in [6.07, 6.45) is 8.16. The monoisotopic (exact) mass is 488 g/mol. The summed E-state index contributed by atoms with van der Waals surface area (Å²) in [6, 6.07) is 0. The van der Waals surface area contributed by atoms with Gasteiger partial charge in [-0.05, 0) is 63.0 Å². The van der Waals surface area contributed by atoms with Crippen LogP contribution in [0.1, 0.15) is 59.8 Å². The fraction of sp³-hybridized carbons (Fsp3) is 0.704. The van der Waals surface area contributed by atoms with Gasteiger partial charge in [0.05, 0.1) is 0 Å². The molecule has 4 rings (SSSR count). The first-order valence-corrected chi connectivity index (χ1v) is 12.5. The highest BCUT2D eigenvalue weighted by Gasteiger charge is 2.70. The van der Waals surface area contributed by atoms with E-state index in [9.17, 15) is 19.2 Å². The zero-order valence-corrected chi connectivity index (χ0v) is 21.0. The van der Waals surface area contributed by atoms with Gasteiger partial charge in [0.25, 0.3) is 6.47 Å². The second-order valence-corrected chi connectivity index (χ2v) is 10.7. The topological polar surface area (TPSA) is 105 Å². The van der Waals surface area contributed by atoms with Crippen LogP contribution in [0.5, 0.6) is 0 Å². The molecule has 0 unspecified atom stereocenters. The average Bonchev–Trinajstić information content (AvgIpc) is 3.11. The Bertz CT molecular complexity index is 953. The summed E-state index contributed by atoms with van der Waals surface area (Å²) in [7, 11) is 0. The lowest BCUT2D eigenvalue weighted by Gasteiger charge is -2.60. The fourth-order valence-electron chi connectivity index (χ4n) is 7.76. The molecule has 8 heteroatoms. The summed E-state index contributed by atoms with van der Waals surface area (Å²) in [6.45, 7) is 7.81. The van der Waals surface area contributed by atoms with Crippen molar-refractivity contribution in [1.29, 1.82) is 0 Å². The first-order chi connectivity index (χ1) is 16.6. The molecule has 4 aliphatic carbocycles. The smallest absolute Gasteiger partial charge is 0.303 e. The molecule has 0 N–H and O–H groups in total. The van der Waals surface area contributed by atoms with Crippen LogP contribution < -0.4 is 0 Å². The van der Waals surface area contributed by atoms with Gasteiger partial charge in [0.1, 0.15) is 18.5 Å². The Hall–Kier alpha value is -2.32. The van der Waals surface area contributed by atoms with E-state index in [-0.39, 0.29) is 42.7 Å². The quantitative estimate of drug-likeness (QED) is 0.211. The predicted octanol–water partition coefficient (Wildman–Crippen LogP) is 3.33. The summed E-state index contributed by atoms with van der Waals surface area (Å²) in [5, 5.41) is 0. The Kier molecular flexibility index (Phi) is 7.08. The number of hydrogen-bond donors (Lipinski definition) is 0. The first kappa shape index (κ1) is 25.8. The van der Waals surface area contributed by atoms with Crippen molar-refractivity contribution in [1.82, 2.24) is 0 Å². The van der Waals surface area contributed by atoms with Gasteiger partial charge >= 0.3 is 5.97 Å². The lowest BCUT2D eigenvalue weighted by molar-refractivity contribution is -0.220. The maximum Gasteiger partial charge on any atom is 0.303 e. The van der Waals surface area contributed by atoms with Crippen LogP contribution in [0.15, 0.2) is 23.8 Å². The molecule has 0 aromatic rings. The molecular formula is C27H36O8. The standard InChI is InChI=1S/C27H36O8/c1-5-32-16-35-27(23(31)14-33-17(2)29)11-9-21-20-7-6-18-12-19(30)8-10-25(18,3)24(20)22(34-15-28)13-26(21,27)4/h8,10,12,15,20-22,24H,5-7,9,11,13-14,16H2,1-4H3/t20-,21-,22-,24+,25-,26-,27-/m0/s1. The third kappa shape index (κ3) is 4.08. The van der Waals surface area contributed by atoms with Gasteiger partial charge in [-0.25, -0.2) is 0 Å². The Balaban J connectivity index is 1.74. The van der Waals surface area contributed by atoms with E-state index < -0.39 is 28.5 Å². The third-order valence-corrected chi connectivity index (χ3v) is 9.27. The number of allylic oxidation sites excluding steroid dienone is 4. The Morgan fingerprint density at radius 3 is 2.69 bits per heavy atom. The number of carbonyl (C=O) groups is 4. The molecule has 0 aromatic heterocycles. The third-order valence-electron chi connectivity index (χ3n) is 9.27. The van der Waals surface area contributed by atoms with Gasteiger partial charge in [0.2, 0.25) is 5.78 Å². The zero-order chi connectivity index (χ0) is 25.4. The average molecular weight is 489 g/mol. The van der Waals surface area contributed by atoms with Crippen LogP contribution >= 0.6 is 0 Å². The van der Waals surface area contributed by atoms with Crippen molar-refractivity contribution in [3.8, 4) is 0 Å². The fourth-order valence-corrected chi connectivity index (χ4v) is 7.76. The van der Waals surface area contributed by atoms with Crippen LogP contribution in [-0.2, 0) is 38.1 Å². The van der Waals surface area contributed by atoms with E-state index in [1.165, 1.54) is 6.92 Å². The van der Waals surface area contributed by atoms with E-state index in [0.29, 0.717) is 25.9 Å². The summed E-state index contributed by atoms with van der Waals surface area (Å²) >= 11 is 0. The molecule has 4 aliphatic rings. The van der Waals surface area contributed by atoms with Crippen molar-refractivity contribution >= 4 is 24.0 Å². The van der Waals surface area contributed by atoms with Crippen molar-refractivity contribution in [3.63, 3.8) is 0 Å². The van der Waals surface area contributed by atoms with Crippen molar-refractivity contribution < 1.29 is 38.1 Å². The molecule has 192 valence electrons. The molecule has 0 bridgehead atoms. The number of carbonyl (C=O) groups excluding carboxylic acids is 4. The second kappa shape index (κ2) is 9.62. The van der Waals surface area contributed by atoms with Gasteiger partial charge in [-0.3, -0.25) is 19.2 Å². The number of hydrogen-bond acceptors (Lipinski definition) is 8. The van der Waals surface area contributed by atoms with E-state index in [1.807, 2.05) is 19.9 Å². The van der Waals surface area contributed by atoms with Crippen LogP contribution in [-0.4, -0.2) is 55.7 Å². The van der Waals surface area contributed by atoms with Gasteiger partial charge in [-0.2, -0.15) is 0 Å². The van der Waals surface area contributed by atoms with E-state index in [1.54, 1.807) is 12.2 Å². The van der Waals surface area contributed by atoms with Crippen LogP contribution in [0.25, 0.3) is 0 Å². The first-order valence-electron chi connectivity index (χ1n) is 12.5. The highest BCUT2D eigenvalue weighted by Crippen LogP contribution is 2.68. The van der Waals surface area contributed by atoms with Gasteiger partial charge < -0.3 is 18.9 Å². The molecule has 0 spiro atoms. The van der Waals surface area contributed by atoms with Crippen molar-refractivity contribution in [3.05, 3.63) is 23.8 Å². The molecule has 3 fully saturated rings. The normalized spacial score (nSPS) is 39.7. The molecule has 0 heterocycles. The van der Waals surface area contributed by atoms with Crippen molar-refractivity contribution in [2.75, 3.05) is 20.0 Å². The SMILES string of the molecule is CCOCO[C@]1(C(=O)COC(C)=O)CC[C@H]2[C@@H]3CCC4=CC(=O)C=C[C@]4(C)[C@H]3[C@@H](OC=O)C[C@@]21C. The number of ketones is 2. The van der Waals surface area contributed by atoms with E-state index in [2.05, 4.69) is 6.92 Å². The minimum Gasteiger partial charge on any atom is -0.464 e. The minimum absolute atomic E-state index is 0.00953. The predicted molar refractivity (Wildman–Crippen MR) is 125 cm³/mol. The maximum atomic E-state index is 13.7. The molecule has 3 saturated carbocycles. The van der Waals surface area contributed by atoms with E-state index in [0.717, 1.165) is 24.8 Å². The maximum absolute atomic E-state index is 13.7. The van der Waals surface area contributed by atoms with Crippen molar-refractivity contribution in [2.24, 2.45) is 28.6 Å². The van der Waals surface area contributed by atoms with E-state index >= 15 is 0 Å². The van der Waals surface area contributed by atoms with Crippen molar-refractivity contribution in [2.45, 2.75) is 71.5 Å². The second-order valence-electron chi connectivity index (χ2n) is 10.7. The summed E-state index contributed by atoms with van der Waals surface area (Å²) < 4.78 is 22.6. The van der Waals surface area contributed by atoms with Crippen LogP contribution in [0.2, 0.25) is 0 Å². The molecule has 0 amide bonds. The largest absolute Gasteiger partial charge is 0.464 e. The molecule has 0 saturated heterocycles. The molecule has 0 aromatic carbocycles. The molecule has 8 nitrogen and oxygen atoms in total. The van der Waals surface area contributed by atoms with Crippen LogP contribution in [0, 0.1) is 28.6 Å². The number of esters is 1. The number of ether oxygens (including phenoxy) is 4. The van der Waals surface area contributed by atoms with E-state index in [4.69, 9.17) is 18.9 Å². The summed E-state index contributed by atoms with van der Waals surface area (Å²) in [4.78, 5) is 48.9. The van der Waals surface area contributed by atoms with Crippen LogP contribution in [0.4, 0.5) is 0 Å². The summed E-state index contributed by atoms with van der Waals surface area (Å²) in [5.41, 5.74) is -1.18. The highest BCUT2D eigenvalue weighted by molar-refractivity contribution is 6.01. The van der Waals surface area contributed by atoms with Crippen LogP contribution in [0.3, 0.4) is 0 Å². The van der Waals surface area contributed by atoms with Gasteiger partial charge in [0, 0.05) is 30.3 Å². The highest BCUT2D eigenvalue weighted by atomic mass is 16.7.